The second kappa shape index (κ2) is 8.36. The van der Waals surface area contributed by atoms with Gasteiger partial charge in [0.25, 0.3) is 5.91 Å². The molecule has 6 nitrogen and oxygen atoms in total. The van der Waals surface area contributed by atoms with Gasteiger partial charge in [-0.25, -0.2) is 0 Å². The van der Waals surface area contributed by atoms with Crippen molar-refractivity contribution in [3.63, 3.8) is 0 Å². The van der Waals surface area contributed by atoms with E-state index in [9.17, 15) is 4.79 Å². The zero-order chi connectivity index (χ0) is 18.5. The number of benzene rings is 1. The van der Waals surface area contributed by atoms with E-state index in [0.717, 1.165) is 44.0 Å². The largest absolute Gasteiger partial charge is 0.378 e. The van der Waals surface area contributed by atoms with Gasteiger partial charge in [0.1, 0.15) is 0 Å². The Morgan fingerprint density at radius 2 is 2.00 bits per heavy atom. The van der Waals surface area contributed by atoms with Gasteiger partial charge < -0.3 is 10.2 Å². The molecule has 0 radical (unpaired) electrons. The maximum Gasteiger partial charge on any atom is 0.251 e. The lowest BCUT2D eigenvalue weighted by atomic mass is 10.2. The molecule has 1 amide bonds. The van der Waals surface area contributed by atoms with Crippen LogP contribution in [0.15, 0.2) is 30.3 Å². The zero-order valence-electron chi connectivity index (χ0n) is 16.0. The Kier molecular flexibility index (Phi) is 5.93. The molecule has 1 aliphatic rings. The summed E-state index contributed by atoms with van der Waals surface area (Å²) in [5.74, 6) is -0.0638. The number of nitrogens with zero attached hydrogens (tertiary/aromatic N) is 4. The lowest BCUT2D eigenvalue weighted by Gasteiger charge is -2.17. The number of fused-ring (bicyclic) bond motifs is 1. The van der Waals surface area contributed by atoms with Crippen molar-refractivity contribution in [2.45, 2.75) is 39.4 Å². The first-order chi connectivity index (χ1) is 12.6. The third kappa shape index (κ3) is 4.43. The maximum absolute atomic E-state index is 12.4. The van der Waals surface area contributed by atoms with Crippen molar-refractivity contribution in [1.82, 2.24) is 20.0 Å². The summed E-state index contributed by atoms with van der Waals surface area (Å²) < 4.78 is 2.10. The molecule has 6 heteroatoms. The van der Waals surface area contributed by atoms with E-state index < -0.39 is 0 Å². The van der Waals surface area contributed by atoms with Crippen molar-refractivity contribution in [3.05, 3.63) is 47.3 Å². The fourth-order valence-corrected chi connectivity index (χ4v) is 3.37. The molecule has 1 aromatic heterocycles. The topological polar surface area (TPSA) is 53.4 Å². The first-order valence-corrected chi connectivity index (χ1v) is 9.40. The summed E-state index contributed by atoms with van der Waals surface area (Å²) in [5.41, 5.74) is 3.92. The molecule has 2 heterocycles. The number of carbonyl (C=O) groups excluding carboxylic acids is 1. The van der Waals surface area contributed by atoms with Crippen molar-refractivity contribution in [3.8, 4) is 0 Å². The van der Waals surface area contributed by atoms with Crippen LogP contribution in [-0.4, -0.2) is 47.8 Å². The van der Waals surface area contributed by atoms with Crippen LogP contribution in [0.5, 0.6) is 0 Å². The van der Waals surface area contributed by atoms with Gasteiger partial charge in [0.2, 0.25) is 0 Å². The lowest BCUT2D eigenvalue weighted by molar-refractivity contribution is 0.0950. The molecule has 0 fully saturated rings. The normalized spacial score (nSPS) is 14.6. The Hall–Kier alpha value is -2.34. The first-order valence-electron chi connectivity index (χ1n) is 9.40. The number of amides is 1. The lowest BCUT2D eigenvalue weighted by Crippen LogP contribution is -2.24. The highest BCUT2D eigenvalue weighted by Crippen LogP contribution is 2.15. The van der Waals surface area contributed by atoms with E-state index in [4.69, 9.17) is 0 Å². The number of aromatic nitrogens is 2. The average molecular weight is 355 g/mol. The van der Waals surface area contributed by atoms with Crippen molar-refractivity contribution in [2.75, 3.05) is 32.1 Å². The van der Waals surface area contributed by atoms with Crippen molar-refractivity contribution in [1.29, 1.82) is 0 Å². The summed E-state index contributed by atoms with van der Waals surface area (Å²) in [5, 5.41) is 7.66. The van der Waals surface area contributed by atoms with Gasteiger partial charge in [-0.2, -0.15) is 5.10 Å². The molecule has 0 aliphatic carbocycles. The standard InChI is InChI=1S/C20H29N5O/c1-4-10-24-11-5-12-25-19(15-24)13-17(22-25)14-21-20(26)16-6-8-18(9-7-16)23(2)3/h6-9,13H,4-5,10-12,14-15H2,1-3H3,(H,21,26). The number of rotatable bonds is 6. The van der Waals surface area contributed by atoms with E-state index in [1.807, 2.05) is 43.3 Å². The second-order valence-corrected chi connectivity index (χ2v) is 7.10. The number of anilines is 1. The summed E-state index contributed by atoms with van der Waals surface area (Å²) in [4.78, 5) is 16.9. The van der Waals surface area contributed by atoms with E-state index in [2.05, 4.69) is 33.0 Å². The molecule has 1 N–H and O–H groups in total. The number of nitrogens with one attached hydrogen (secondary N) is 1. The summed E-state index contributed by atoms with van der Waals surface area (Å²) in [6.07, 6.45) is 2.29. The highest BCUT2D eigenvalue weighted by atomic mass is 16.1. The van der Waals surface area contributed by atoms with Gasteiger partial charge in [-0.15, -0.1) is 0 Å². The average Bonchev–Trinajstić information content (AvgIpc) is 2.92. The maximum atomic E-state index is 12.4. The smallest absolute Gasteiger partial charge is 0.251 e. The molecule has 0 atom stereocenters. The molecule has 1 aliphatic heterocycles. The number of aryl methyl sites for hydroxylation is 1. The summed E-state index contributed by atoms with van der Waals surface area (Å²) in [7, 11) is 3.97. The molecule has 140 valence electrons. The van der Waals surface area contributed by atoms with Crippen LogP contribution in [0, 0.1) is 0 Å². The zero-order valence-corrected chi connectivity index (χ0v) is 16.0. The fourth-order valence-electron chi connectivity index (χ4n) is 3.37. The fraction of sp³-hybridized carbons (Fsp3) is 0.500. The highest BCUT2D eigenvalue weighted by molar-refractivity contribution is 5.94. The first kappa shape index (κ1) is 18.5. The molecule has 2 aromatic rings. The van der Waals surface area contributed by atoms with Gasteiger partial charge >= 0.3 is 0 Å². The van der Waals surface area contributed by atoms with Crippen LogP contribution in [0.25, 0.3) is 0 Å². The van der Waals surface area contributed by atoms with Gasteiger partial charge in [0.15, 0.2) is 0 Å². The van der Waals surface area contributed by atoms with E-state index in [1.165, 1.54) is 12.1 Å². The van der Waals surface area contributed by atoms with Crippen LogP contribution in [0.1, 0.15) is 41.5 Å². The molecular weight excluding hydrogens is 326 g/mol. The molecule has 26 heavy (non-hydrogen) atoms. The van der Waals surface area contributed by atoms with Crippen molar-refractivity contribution >= 4 is 11.6 Å². The Morgan fingerprint density at radius 1 is 1.23 bits per heavy atom. The van der Waals surface area contributed by atoms with Gasteiger partial charge in [-0.1, -0.05) is 6.92 Å². The van der Waals surface area contributed by atoms with E-state index in [0.29, 0.717) is 12.1 Å². The predicted molar refractivity (Wildman–Crippen MR) is 104 cm³/mol. The predicted octanol–water partition coefficient (Wildman–Crippen LogP) is 2.49. The Balaban J connectivity index is 1.60. The van der Waals surface area contributed by atoms with Gasteiger partial charge in [-0.05, 0) is 49.7 Å². The van der Waals surface area contributed by atoms with E-state index in [1.54, 1.807) is 0 Å². The highest BCUT2D eigenvalue weighted by Gasteiger charge is 2.16. The molecule has 0 unspecified atom stereocenters. The number of hydrogen-bond donors (Lipinski definition) is 1. The molecular formula is C20H29N5O. The number of carbonyl (C=O) groups is 1. The Bertz CT molecular complexity index is 735. The molecule has 0 saturated heterocycles. The van der Waals surface area contributed by atoms with Crippen LogP contribution in [0.4, 0.5) is 5.69 Å². The SMILES string of the molecule is CCCN1CCCn2nc(CNC(=O)c3ccc(N(C)C)cc3)cc2C1. The van der Waals surface area contributed by atoms with Crippen LogP contribution in [-0.2, 0) is 19.6 Å². The van der Waals surface area contributed by atoms with Gasteiger partial charge in [0, 0.05) is 45.0 Å². The molecule has 0 saturated carbocycles. The minimum atomic E-state index is -0.0638. The third-order valence-corrected chi connectivity index (χ3v) is 4.76. The summed E-state index contributed by atoms with van der Waals surface area (Å²) in [6.45, 7) is 6.83. The van der Waals surface area contributed by atoms with Crippen molar-refractivity contribution in [2.24, 2.45) is 0 Å². The monoisotopic (exact) mass is 355 g/mol. The molecule has 0 bridgehead atoms. The van der Waals surface area contributed by atoms with E-state index in [-0.39, 0.29) is 5.91 Å². The van der Waals surface area contributed by atoms with Crippen LogP contribution in [0.3, 0.4) is 0 Å². The van der Waals surface area contributed by atoms with Gasteiger partial charge in [0.05, 0.1) is 17.9 Å². The Morgan fingerprint density at radius 3 is 2.69 bits per heavy atom. The van der Waals surface area contributed by atoms with Crippen LogP contribution in [0.2, 0.25) is 0 Å². The number of hydrogen-bond acceptors (Lipinski definition) is 4. The minimum Gasteiger partial charge on any atom is -0.378 e. The quantitative estimate of drug-likeness (QED) is 0.865. The van der Waals surface area contributed by atoms with Crippen LogP contribution < -0.4 is 10.2 Å². The van der Waals surface area contributed by atoms with E-state index >= 15 is 0 Å². The molecule has 3 rings (SSSR count). The van der Waals surface area contributed by atoms with Gasteiger partial charge in [-0.3, -0.25) is 14.4 Å². The molecule has 1 aromatic carbocycles. The minimum absolute atomic E-state index is 0.0638. The third-order valence-electron chi connectivity index (χ3n) is 4.76. The van der Waals surface area contributed by atoms with Crippen LogP contribution >= 0.6 is 0 Å². The van der Waals surface area contributed by atoms with Crippen molar-refractivity contribution < 1.29 is 4.79 Å². The molecule has 0 spiro atoms. The summed E-state index contributed by atoms with van der Waals surface area (Å²) >= 11 is 0. The Labute approximate surface area is 155 Å². The summed E-state index contributed by atoms with van der Waals surface area (Å²) in [6, 6.07) is 9.75. The second-order valence-electron chi connectivity index (χ2n) is 7.10.